The normalized spacial score (nSPS) is 24.6. The molecule has 1 aromatic rings. The SMILES string of the molecule is CCCCc1cc(C[C@H]2CNCC[C@H]2CC(=O)NC2CC2)no1. The summed E-state index contributed by atoms with van der Waals surface area (Å²) in [6, 6.07) is 2.56. The van der Waals surface area contributed by atoms with Crippen LogP contribution in [-0.2, 0) is 17.6 Å². The maximum atomic E-state index is 12.1. The third kappa shape index (κ3) is 5.06. The zero-order valence-electron chi connectivity index (χ0n) is 14.1. The summed E-state index contributed by atoms with van der Waals surface area (Å²) in [6.07, 6.45) is 8.22. The Morgan fingerprint density at radius 3 is 3.04 bits per heavy atom. The molecule has 0 spiro atoms. The summed E-state index contributed by atoms with van der Waals surface area (Å²) < 4.78 is 5.44. The summed E-state index contributed by atoms with van der Waals surface area (Å²) in [6.45, 7) is 4.17. The second kappa shape index (κ2) is 7.95. The molecule has 2 atom stereocenters. The van der Waals surface area contributed by atoms with Gasteiger partial charge in [0.25, 0.3) is 0 Å². The van der Waals surface area contributed by atoms with Crippen molar-refractivity contribution in [2.75, 3.05) is 13.1 Å². The Kier molecular flexibility index (Phi) is 5.70. The maximum Gasteiger partial charge on any atom is 0.220 e. The molecule has 128 valence electrons. The second-order valence-corrected chi connectivity index (χ2v) is 7.15. The largest absolute Gasteiger partial charge is 0.361 e. The number of nitrogens with one attached hydrogen (secondary N) is 2. The first-order chi connectivity index (χ1) is 11.2. The third-order valence-corrected chi connectivity index (χ3v) is 5.01. The highest BCUT2D eigenvalue weighted by atomic mass is 16.5. The molecule has 0 radical (unpaired) electrons. The van der Waals surface area contributed by atoms with Crippen LogP contribution in [0.15, 0.2) is 10.6 Å². The molecule has 2 aliphatic rings. The molecule has 0 unspecified atom stereocenters. The van der Waals surface area contributed by atoms with E-state index < -0.39 is 0 Å². The van der Waals surface area contributed by atoms with Crippen LogP contribution in [0.4, 0.5) is 0 Å². The van der Waals surface area contributed by atoms with Crippen molar-refractivity contribution in [3.8, 4) is 0 Å². The van der Waals surface area contributed by atoms with Gasteiger partial charge in [0, 0.05) is 24.9 Å². The highest BCUT2D eigenvalue weighted by molar-refractivity contribution is 5.76. The molecule has 1 aromatic heterocycles. The van der Waals surface area contributed by atoms with Crippen molar-refractivity contribution in [1.82, 2.24) is 15.8 Å². The van der Waals surface area contributed by atoms with Crippen molar-refractivity contribution in [1.29, 1.82) is 0 Å². The zero-order chi connectivity index (χ0) is 16.1. The van der Waals surface area contributed by atoms with Crippen LogP contribution in [0.3, 0.4) is 0 Å². The topological polar surface area (TPSA) is 67.2 Å². The number of carbonyl (C=O) groups excluding carboxylic acids is 1. The monoisotopic (exact) mass is 319 g/mol. The van der Waals surface area contributed by atoms with Crippen LogP contribution in [0.5, 0.6) is 0 Å². The minimum Gasteiger partial charge on any atom is -0.361 e. The summed E-state index contributed by atoms with van der Waals surface area (Å²) in [5, 5.41) is 10.8. The lowest BCUT2D eigenvalue weighted by molar-refractivity contribution is -0.122. The highest BCUT2D eigenvalue weighted by Gasteiger charge is 2.30. The van der Waals surface area contributed by atoms with Crippen molar-refractivity contribution < 1.29 is 9.32 Å². The van der Waals surface area contributed by atoms with Gasteiger partial charge in [-0.3, -0.25) is 4.79 Å². The Balaban J connectivity index is 1.52. The lowest BCUT2D eigenvalue weighted by Gasteiger charge is -2.31. The minimum absolute atomic E-state index is 0.230. The van der Waals surface area contributed by atoms with E-state index >= 15 is 0 Å². The Morgan fingerprint density at radius 2 is 2.26 bits per heavy atom. The van der Waals surface area contributed by atoms with Crippen LogP contribution in [-0.4, -0.2) is 30.2 Å². The van der Waals surface area contributed by atoms with Gasteiger partial charge in [-0.1, -0.05) is 18.5 Å². The van der Waals surface area contributed by atoms with Gasteiger partial charge in [0.2, 0.25) is 5.91 Å². The predicted octanol–water partition coefficient (Wildman–Crippen LogP) is 2.45. The molecule has 2 heterocycles. The average molecular weight is 319 g/mol. The van der Waals surface area contributed by atoms with E-state index in [9.17, 15) is 4.79 Å². The first-order valence-corrected chi connectivity index (χ1v) is 9.19. The Hall–Kier alpha value is -1.36. The lowest BCUT2D eigenvalue weighted by atomic mass is 9.81. The molecule has 0 aromatic carbocycles. The van der Waals surface area contributed by atoms with Crippen LogP contribution in [0.2, 0.25) is 0 Å². The van der Waals surface area contributed by atoms with E-state index in [0.29, 0.717) is 24.3 Å². The molecule has 1 aliphatic carbocycles. The maximum absolute atomic E-state index is 12.1. The van der Waals surface area contributed by atoms with Gasteiger partial charge in [0.1, 0.15) is 5.76 Å². The van der Waals surface area contributed by atoms with Crippen LogP contribution in [0, 0.1) is 11.8 Å². The fourth-order valence-electron chi connectivity index (χ4n) is 3.43. The quantitative estimate of drug-likeness (QED) is 0.772. The molecule has 5 nitrogen and oxygen atoms in total. The van der Waals surface area contributed by atoms with E-state index in [0.717, 1.165) is 63.1 Å². The van der Waals surface area contributed by atoms with Gasteiger partial charge in [0.05, 0.1) is 5.69 Å². The van der Waals surface area contributed by atoms with Crippen molar-refractivity contribution in [2.45, 2.75) is 64.3 Å². The van der Waals surface area contributed by atoms with Gasteiger partial charge in [0.15, 0.2) is 0 Å². The van der Waals surface area contributed by atoms with Gasteiger partial charge in [-0.05, 0) is 57.0 Å². The van der Waals surface area contributed by atoms with Gasteiger partial charge in [-0.2, -0.15) is 0 Å². The van der Waals surface area contributed by atoms with Gasteiger partial charge >= 0.3 is 0 Å². The molecule has 0 bridgehead atoms. The van der Waals surface area contributed by atoms with Crippen molar-refractivity contribution in [2.24, 2.45) is 11.8 Å². The minimum atomic E-state index is 0.230. The lowest BCUT2D eigenvalue weighted by Crippen LogP contribution is -2.40. The first kappa shape index (κ1) is 16.5. The van der Waals surface area contributed by atoms with E-state index in [1.807, 2.05) is 0 Å². The number of hydrogen-bond donors (Lipinski definition) is 2. The molecule has 2 N–H and O–H groups in total. The fourth-order valence-corrected chi connectivity index (χ4v) is 3.43. The van der Waals surface area contributed by atoms with E-state index in [1.165, 1.54) is 6.42 Å². The number of rotatable bonds is 8. The molecule has 23 heavy (non-hydrogen) atoms. The van der Waals surface area contributed by atoms with Gasteiger partial charge in [-0.25, -0.2) is 0 Å². The number of unbranched alkanes of at least 4 members (excludes halogenated alkanes) is 1. The zero-order valence-corrected chi connectivity index (χ0v) is 14.1. The van der Waals surface area contributed by atoms with E-state index in [1.54, 1.807) is 0 Å². The average Bonchev–Trinajstić information content (AvgIpc) is 3.24. The Labute approximate surface area is 138 Å². The van der Waals surface area contributed by atoms with E-state index in [4.69, 9.17) is 4.52 Å². The van der Waals surface area contributed by atoms with Gasteiger partial charge < -0.3 is 15.2 Å². The number of piperidine rings is 1. The molecule has 1 saturated carbocycles. The molecule has 3 rings (SSSR count). The van der Waals surface area contributed by atoms with Crippen LogP contribution in [0.25, 0.3) is 0 Å². The number of hydrogen-bond acceptors (Lipinski definition) is 4. The van der Waals surface area contributed by atoms with Crippen LogP contribution in [0.1, 0.15) is 56.9 Å². The second-order valence-electron chi connectivity index (χ2n) is 7.15. The number of aromatic nitrogens is 1. The first-order valence-electron chi connectivity index (χ1n) is 9.19. The predicted molar refractivity (Wildman–Crippen MR) is 89.1 cm³/mol. The highest BCUT2D eigenvalue weighted by Crippen LogP contribution is 2.27. The number of aryl methyl sites for hydroxylation is 1. The fraction of sp³-hybridized carbons (Fsp3) is 0.778. The summed E-state index contributed by atoms with van der Waals surface area (Å²) in [5.74, 6) is 2.14. The molecular weight excluding hydrogens is 290 g/mol. The van der Waals surface area contributed by atoms with Gasteiger partial charge in [-0.15, -0.1) is 0 Å². The summed E-state index contributed by atoms with van der Waals surface area (Å²) >= 11 is 0. The van der Waals surface area contributed by atoms with E-state index in [2.05, 4.69) is 28.8 Å². The van der Waals surface area contributed by atoms with Crippen molar-refractivity contribution >= 4 is 5.91 Å². The molecule has 2 fully saturated rings. The summed E-state index contributed by atoms with van der Waals surface area (Å²) in [5.41, 5.74) is 1.04. The Morgan fingerprint density at radius 1 is 1.39 bits per heavy atom. The Bertz CT molecular complexity index is 510. The van der Waals surface area contributed by atoms with E-state index in [-0.39, 0.29) is 5.91 Å². The standard InChI is InChI=1S/C18H29N3O2/c1-2-3-4-17-11-16(21-23-17)9-14-12-19-8-7-13(14)10-18(22)20-15-5-6-15/h11,13-15,19H,2-10,12H2,1H3,(H,20,22)/t13-,14-/m0/s1. The molecule has 5 heteroatoms. The summed E-state index contributed by atoms with van der Waals surface area (Å²) in [4.78, 5) is 12.1. The third-order valence-electron chi connectivity index (χ3n) is 5.01. The number of amides is 1. The molecular formula is C18H29N3O2. The number of nitrogens with zero attached hydrogens (tertiary/aromatic N) is 1. The van der Waals surface area contributed by atoms with Crippen molar-refractivity contribution in [3.63, 3.8) is 0 Å². The molecule has 1 amide bonds. The molecule has 1 saturated heterocycles. The molecule has 1 aliphatic heterocycles. The van der Waals surface area contributed by atoms with Crippen LogP contribution >= 0.6 is 0 Å². The summed E-state index contributed by atoms with van der Waals surface area (Å²) in [7, 11) is 0. The smallest absolute Gasteiger partial charge is 0.220 e. The van der Waals surface area contributed by atoms with Crippen LogP contribution < -0.4 is 10.6 Å². The number of carbonyl (C=O) groups is 1. The van der Waals surface area contributed by atoms with Crippen molar-refractivity contribution in [3.05, 3.63) is 17.5 Å².